The molecule has 0 aromatic carbocycles. The Morgan fingerprint density at radius 3 is 2.81 bits per heavy atom. The average Bonchev–Trinajstić information content (AvgIpc) is 2.87. The topological polar surface area (TPSA) is 49.8 Å². The number of hydrogen-bond donors (Lipinski definition) is 1. The molecule has 4 nitrogen and oxygen atoms in total. The van der Waals surface area contributed by atoms with Gasteiger partial charge in [-0.2, -0.15) is 0 Å². The van der Waals surface area contributed by atoms with Crippen molar-refractivity contribution in [1.29, 1.82) is 0 Å². The van der Waals surface area contributed by atoms with Gasteiger partial charge in [0.15, 0.2) is 0 Å². The van der Waals surface area contributed by atoms with E-state index in [-0.39, 0.29) is 11.9 Å². The van der Waals surface area contributed by atoms with Crippen LogP contribution < -0.4 is 0 Å². The lowest BCUT2D eigenvalue weighted by atomic mass is 10.0. The molecule has 1 N–H and O–H groups in total. The number of methoxy groups -OCH3 is 1. The monoisotopic (exact) mass is 227 g/mol. The van der Waals surface area contributed by atoms with Gasteiger partial charge in [0.05, 0.1) is 18.6 Å². The number of β-amino-alcohol motifs (C(OH)–C–C–N with tert-alkyl or cyclic N) is 1. The summed E-state index contributed by atoms with van der Waals surface area (Å²) < 4.78 is 4.75. The summed E-state index contributed by atoms with van der Waals surface area (Å²) in [5.74, 6) is -0.101. The molecule has 0 bridgehead atoms. The maximum atomic E-state index is 11.4. The Morgan fingerprint density at radius 2 is 2.19 bits per heavy atom. The van der Waals surface area contributed by atoms with Gasteiger partial charge in [-0.3, -0.25) is 9.69 Å². The number of carbonyl (C=O) groups excluding carboxylic acids is 1. The third kappa shape index (κ3) is 2.55. The lowest BCUT2D eigenvalue weighted by molar-refractivity contribution is -0.145. The van der Waals surface area contributed by atoms with E-state index < -0.39 is 5.60 Å². The van der Waals surface area contributed by atoms with Crippen LogP contribution >= 0.6 is 0 Å². The van der Waals surface area contributed by atoms with Crippen molar-refractivity contribution in [3.05, 3.63) is 0 Å². The van der Waals surface area contributed by atoms with Crippen LogP contribution in [-0.2, 0) is 9.53 Å². The average molecular weight is 227 g/mol. The molecule has 1 aliphatic heterocycles. The summed E-state index contributed by atoms with van der Waals surface area (Å²) in [4.78, 5) is 13.6. The van der Waals surface area contributed by atoms with Crippen molar-refractivity contribution < 1.29 is 14.6 Å². The van der Waals surface area contributed by atoms with E-state index in [0.717, 1.165) is 51.7 Å². The van der Waals surface area contributed by atoms with E-state index >= 15 is 0 Å². The van der Waals surface area contributed by atoms with Gasteiger partial charge in [0.2, 0.25) is 0 Å². The van der Waals surface area contributed by atoms with E-state index in [9.17, 15) is 9.90 Å². The molecule has 4 heteroatoms. The van der Waals surface area contributed by atoms with Crippen molar-refractivity contribution in [1.82, 2.24) is 4.90 Å². The number of rotatable bonds is 3. The van der Waals surface area contributed by atoms with Gasteiger partial charge >= 0.3 is 5.97 Å². The Labute approximate surface area is 96.6 Å². The third-order valence-electron chi connectivity index (χ3n) is 3.86. The molecular weight excluding hydrogens is 206 g/mol. The van der Waals surface area contributed by atoms with Crippen molar-refractivity contribution >= 4 is 5.97 Å². The van der Waals surface area contributed by atoms with Gasteiger partial charge in [-0.15, -0.1) is 0 Å². The van der Waals surface area contributed by atoms with Crippen LogP contribution in [-0.4, -0.2) is 48.3 Å². The summed E-state index contributed by atoms with van der Waals surface area (Å²) in [5.41, 5.74) is -0.495. The normalized spacial score (nSPS) is 29.5. The second-order valence-corrected chi connectivity index (χ2v) is 5.18. The molecule has 1 atom stereocenters. The Kier molecular flexibility index (Phi) is 3.50. The van der Waals surface area contributed by atoms with Crippen LogP contribution in [0.5, 0.6) is 0 Å². The molecule has 2 aliphatic rings. The molecule has 16 heavy (non-hydrogen) atoms. The van der Waals surface area contributed by atoms with Gasteiger partial charge in [0.25, 0.3) is 0 Å². The maximum absolute atomic E-state index is 11.4. The van der Waals surface area contributed by atoms with Crippen LogP contribution in [0.3, 0.4) is 0 Å². The summed E-state index contributed by atoms with van der Waals surface area (Å²) in [6.45, 7) is 2.37. The number of nitrogens with zero attached hydrogens (tertiary/aromatic N) is 1. The first-order chi connectivity index (χ1) is 7.63. The fraction of sp³-hybridized carbons (Fsp3) is 0.917. The first-order valence-electron chi connectivity index (χ1n) is 6.15. The number of ether oxygens (including phenoxy) is 1. The van der Waals surface area contributed by atoms with E-state index in [2.05, 4.69) is 4.90 Å². The van der Waals surface area contributed by atoms with Crippen molar-refractivity contribution in [3.63, 3.8) is 0 Å². The molecule has 0 radical (unpaired) electrons. The number of hydrogen-bond acceptors (Lipinski definition) is 4. The van der Waals surface area contributed by atoms with Crippen LogP contribution in [0.1, 0.15) is 32.1 Å². The summed E-state index contributed by atoms with van der Waals surface area (Å²) in [5, 5.41) is 10.3. The van der Waals surface area contributed by atoms with Crippen LogP contribution in [0.4, 0.5) is 0 Å². The number of likely N-dealkylation sites (tertiary alicyclic amines) is 1. The molecule has 1 aliphatic carbocycles. The van der Waals surface area contributed by atoms with Gasteiger partial charge in [0.1, 0.15) is 0 Å². The first-order valence-corrected chi connectivity index (χ1v) is 6.15. The van der Waals surface area contributed by atoms with Gasteiger partial charge in [-0.25, -0.2) is 0 Å². The lowest BCUT2D eigenvalue weighted by Crippen LogP contribution is -2.40. The van der Waals surface area contributed by atoms with Crippen LogP contribution in [0.15, 0.2) is 0 Å². The minimum absolute atomic E-state index is 0.00926. The third-order valence-corrected chi connectivity index (χ3v) is 3.86. The van der Waals surface area contributed by atoms with Crippen molar-refractivity contribution in [2.45, 2.75) is 37.7 Å². The van der Waals surface area contributed by atoms with Crippen molar-refractivity contribution in [2.24, 2.45) is 5.92 Å². The summed E-state index contributed by atoms with van der Waals surface area (Å²) in [6.07, 6.45) is 4.94. The summed E-state index contributed by atoms with van der Waals surface area (Å²) in [7, 11) is 1.44. The Bertz CT molecular complexity index is 261. The Morgan fingerprint density at radius 1 is 1.50 bits per heavy atom. The summed E-state index contributed by atoms with van der Waals surface area (Å²) >= 11 is 0. The fourth-order valence-corrected chi connectivity index (χ4v) is 2.94. The van der Waals surface area contributed by atoms with E-state index in [4.69, 9.17) is 4.74 Å². The standard InChI is InChI=1S/C12H21NO3/c1-16-11(14)10-4-7-13(8-10)9-12(15)5-2-3-6-12/h10,15H,2-9H2,1H3. The largest absolute Gasteiger partial charge is 0.469 e. The minimum Gasteiger partial charge on any atom is -0.469 e. The van der Waals surface area contributed by atoms with Gasteiger partial charge in [-0.1, -0.05) is 12.8 Å². The Hall–Kier alpha value is -0.610. The highest BCUT2D eigenvalue weighted by Crippen LogP contribution is 2.31. The van der Waals surface area contributed by atoms with Gasteiger partial charge in [0, 0.05) is 13.1 Å². The van der Waals surface area contributed by atoms with Gasteiger partial charge < -0.3 is 9.84 Å². The molecule has 92 valence electrons. The molecule has 0 amide bonds. The summed E-state index contributed by atoms with van der Waals surface area (Å²) in [6, 6.07) is 0. The van der Waals surface area contributed by atoms with E-state index in [0.29, 0.717) is 0 Å². The molecule has 2 rings (SSSR count). The predicted octanol–water partition coefficient (Wildman–Crippen LogP) is 0.786. The highest BCUT2D eigenvalue weighted by atomic mass is 16.5. The van der Waals surface area contributed by atoms with Crippen LogP contribution in [0.25, 0.3) is 0 Å². The molecule has 0 aromatic rings. The number of carbonyl (C=O) groups is 1. The van der Waals surface area contributed by atoms with Gasteiger partial charge in [-0.05, 0) is 25.8 Å². The molecular formula is C12H21NO3. The van der Waals surface area contributed by atoms with E-state index in [1.807, 2.05) is 0 Å². The SMILES string of the molecule is COC(=O)C1CCN(CC2(O)CCCC2)C1. The maximum Gasteiger partial charge on any atom is 0.310 e. The van der Waals surface area contributed by atoms with Crippen LogP contribution in [0, 0.1) is 5.92 Å². The number of aliphatic hydroxyl groups is 1. The highest BCUT2D eigenvalue weighted by molar-refractivity contribution is 5.72. The quantitative estimate of drug-likeness (QED) is 0.724. The van der Waals surface area contributed by atoms with Crippen molar-refractivity contribution in [2.75, 3.05) is 26.7 Å². The zero-order valence-electron chi connectivity index (χ0n) is 9.95. The number of esters is 1. The fourth-order valence-electron chi connectivity index (χ4n) is 2.94. The predicted molar refractivity (Wildman–Crippen MR) is 60.0 cm³/mol. The zero-order valence-corrected chi connectivity index (χ0v) is 9.95. The zero-order chi connectivity index (χ0) is 11.6. The molecule has 1 heterocycles. The first kappa shape index (κ1) is 11.9. The van der Waals surface area contributed by atoms with Crippen LogP contribution in [0.2, 0.25) is 0 Å². The second kappa shape index (κ2) is 4.72. The van der Waals surface area contributed by atoms with Crippen molar-refractivity contribution in [3.8, 4) is 0 Å². The van der Waals surface area contributed by atoms with E-state index in [1.165, 1.54) is 7.11 Å². The molecule has 0 spiro atoms. The molecule has 1 saturated heterocycles. The molecule has 2 fully saturated rings. The lowest BCUT2D eigenvalue weighted by Gasteiger charge is -2.28. The molecule has 1 saturated carbocycles. The van der Waals surface area contributed by atoms with E-state index in [1.54, 1.807) is 0 Å². The smallest absolute Gasteiger partial charge is 0.310 e. The second-order valence-electron chi connectivity index (χ2n) is 5.18. The molecule has 1 unspecified atom stereocenters. The Balaban J connectivity index is 1.82. The minimum atomic E-state index is -0.495. The molecule has 0 aromatic heterocycles. The highest BCUT2D eigenvalue weighted by Gasteiger charge is 2.37.